The lowest BCUT2D eigenvalue weighted by atomic mass is 10.3. The van der Waals surface area contributed by atoms with Crippen molar-refractivity contribution in [3.05, 3.63) is 43.5 Å². The van der Waals surface area contributed by atoms with Crippen LogP contribution in [0.1, 0.15) is 0 Å². The molecule has 0 saturated heterocycles. The predicted octanol–water partition coefficient (Wildman–Crippen LogP) is 1.65. The van der Waals surface area contributed by atoms with Gasteiger partial charge in [-0.3, -0.25) is 0 Å². The van der Waals surface area contributed by atoms with Gasteiger partial charge < -0.3 is 11.5 Å². The van der Waals surface area contributed by atoms with Crippen molar-refractivity contribution in [1.29, 1.82) is 0 Å². The van der Waals surface area contributed by atoms with Crippen molar-refractivity contribution in [1.82, 2.24) is 0 Å². The zero-order valence-corrected chi connectivity index (χ0v) is 6.96. The summed E-state index contributed by atoms with van der Waals surface area (Å²) < 4.78 is 0. The SMILES string of the molecule is C=C.CN.Nc1ccccc1. The quantitative estimate of drug-likeness (QED) is 0.438. The van der Waals surface area contributed by atoms with E-state index in [-0.39, 0.29) is 0 Å². The van der Waals surface area contributed by atoms with E-state index >= 15 is 0 Å². The zero-order valence-electron chi connectivity index (χ0n) is 6.96. The van der Waals surface area contributed by atoms with Crippen LogP contribution in [0.5, 0.6) is 0 Å². The first-order chi connectivity index (χ1) is 5.39. The number of rotatable bonds is 0. The van der Waals surface area contributed by atoms with Gasteiger partial charge in [0.15, 0.2) is 0 Å². The fraction of sp³-hybridized carbons (Fsp3) is 0.111. The number of benzene rings is 1. The Morgan fingerprint density at radius 1 is 1.00 bits per heavy atom. The van der Waals surface area contributed by atoms with Crippen LogP contribution in [0, 0.1) is 0 Å². The van der Waals surface area contributed by atoms with E-state index in [1.165, 1.54) is 7.05 Å². The highest BCUT2D eigenvalue weighted by Crippen LogP contribution is 1.95. The van der Waals surface area contributed by atoms with Crippen molar-refractivity contribution < 1.29 is 0 Å². The first-order valence-electron chi connectivity index (χ1n) is 3.28. The number of hydrogen-bond acceptors (Lipinski definition) is 2. The molecule has 0 unspecified atom stereocenters. The summed E-state index contributed by atoms with van der Waals surface area (Å²) >= 11 is 0. The molecule has 2 heteroatoms. The molecule has 62 valence electrons. The first kappa shape index (κ1) is 12.4. The van der Waals surface area contributed by atoms with Crippen LogP contribution in [0.15, 0.2) is 43.5 Å². The Morgan fingerprint density at radius 2 is 1.36 bits per heavy atom. The molecular weight excluding hydrogens is 136 g/mol. The number of hydrogen-bond donors (Lipinski definition) is 2. The monoisotopic (exact) mass is 152 g/mol. The maximum Gasteiger partial charge on any atom is 0.0313 e. The van der Waals surface area contributed by atoms with Crippen molar-refractivity contribution in [2.24, 2.45) is 5.73 Å². The summed E-state index contributed by atoms with van der Waals surface area (Å²) in [4.78, 5) is 0. The molecule has 0 saturated carbocycles. The van der Waals surface area contributed by atoms with E-state index in [9.17, 15) is 0 Å². The second-order valence-electron chi connectivity index (χ2n) is 1.41. The Morgan fingerprint density at radius 3 is 1.55 bits per heavy atom. The molecule has 0 bridgehead atoms. The molecule has 4 N–H and O–H groups in total. The minimum Gasteiger partial charge on any atom is -0.399 e. The van der Waals surface area contributed by atoms with Gasteiger partial charge in [-0.2, -0.15) is 0 Å². The Balaban J connectivity index is 0. The molecular formula is C9H16N2. The summed E-state index contributed by atoms with van der Waals surface area (Å²) in [5.41, 5.74) is 10.7. The van der Waals surface area contributed by atoms with Crippen molar-refractivity contribution in [2.75, 3.05) is 12.8 Å². The summed E-state index contributed by atoms with van der Waals surface area (Å²) in [5.74, 6) is 0. The zero-order chi connectivity index (χ0) is 9.11. The molecule has 11 heavy (non-hydrogen) atoms. The highest BCUT2D eigenvalue weighted by Gasteiger charge is 1.72. The molecule has 1 aromatic carbocycles. The van der Waals surface area contributed by atoms with Crippen molar-refractivity contribution >= 4 is 5.69 Å². The second kappa shape index (κ2) is 11.5. The smallest absolute Gasteiger partial charge is 0.0313 e. The maximum atomic E-state index is 5.36. The van der Waals surface area contributed by atoms with E-state index in [1.54, 1.807) is 0 Å². The van der Waals surface area contributed by atoms with Gasteiger partial charge in [-0.15, -0.1) is 13.2 Å². The summed E-state index contributed by atoms with van der Waals surface area (Å²) in [7, 11) is 1.50. The molecule has 0 spiro atoms. The van der Waals surface area contributed by atoms with Gasteiger partial charge in [-0.25, -0.2) is 0 Å². The van der Waals surface area contributed by atoms with Crippen LogP contribution in [-0.2, 0) is 0 Å². The minimum atomic E-state index is 0.822. The fourth-order valence-electron chi connectivity index (χ4n) is 0.453. The molecule has 1 rings (SSSR count). The highest BCUT2D eigenvalue weighted by molar-refractivity contribution is 5.35. The van der Waals surface area contributed by atoms with Gasteiger partial charge in [0.1, 0.15) is 0 Å². The van der Waals surface area contributed by atoms with Crippen molar-refractivity contribution in [3.8, 4) is 0 Å². The van der Waals surface area contributed by atoms with Gasteiger partial charge in [0.05, 0.1) is 0 Å². The average Bonchev–Trinajstić information content (AvgIpc) is 2.13. The van der Waals surface area contributed by atoms with Crippen LogP contribution in [0.2, 0.25) is 0 Å². The van der Waals surface area contributed by atoms with E-state index in [2.05, 4.69) is 18.9 Å². The lowest BCUT2D eigenvalue weighted by Crippen LogP contribution is -1.79. The third kappa shape index (κ3) is 8.72. The number of para-hydroxylation sites is 1. The van der Waals surface area contributed by atoms with E-state index in [0.717, 1.165) is 5.69 Å². The van der Waals surface area contributed by atoms with Gasteiger partial charge in [0.2, 0.25) is 0 Å². The highest BCUT2D eigenvalue weighted by atomic mass is 14.5. The molecule has 1 aromatic rings. The van der Waals surface area contributed by atoms with Crippen LogP contribution < -0.4 is 11.5 Å². The van der Waals surface area contributed by atoms with Gasteiger partial charge >= 0.3 is 0 Å². The molecule has 0 radical (unpaired) electrons. The van der Waals surface area contributed by atoms with Crippen molar-refractivity contribution in [2.45, 2.75) is 0 Å². The van der Waals surface area contributed by atoms with Gasteiger partial charge in [-0.1, -0.05) is 18.2 Å². The van der Waals surface area contributed by atoms with Crippen LogP contribution >= 0.6 is 0 Å². The average molecular weight is 152 g/mol. The number of nitrogen functional groups attached to an aromatic ring is 1. The summed E-state index contributed by atoms with van der Waals surface area (Å²) in [5, 5.41) is 0. The Bertz CT molecular complexity index is 149. The third-order valence-electron chi connectivity index (χ3n) is 0.800. The van der Waals surface area contributed by atoms with Crippen molar-refractivity contribution in [3.63, 3.8) is 0 Å². The first-order valence-corrected chi connectivity index (χ1v) is 3.28. The molecule has 0 fully saturated rings. The molecule has 2 nitrogen and oxygen atoms in total. The number of anilines is 1. The third-order valence-corrected chi connectivity index (χ3v) is 0.800. The van der Waals surface area contributed by atoms with Crippen LogP contribution in [-0.4, -0.2) is 7.05 Å². The summed E-state index contributed by atoms with van der Waals surface area (Å²) in [6.45, 7) is 6.00. The van der Waals surface area contributed by atoms with Gasteiger partial charge in [0, 0.05) is 5.69 Å². The maximum absolute atomic E-state index is 5.36. The van der Waals surface area contributed by atoms with E-state index in [1.807, 2.05) is 30.3 Å². The lowest BCUT2D eigenvalue weighted by molar-refractivity contribution is 1.48. The normalized spacial score (nSPS) is 6.36. The molecule has 0 heterocycles. The van der Waals surface area contributed by atoms with Crippen LogP contribution in [0.4, 0.5) is 5.69 Å². The molecule has 0 aromatic heterocycles. The Labute approximate surface area is 68.5 Å². The standard InChI is InChI=1S/C6H7N.C2H4.CH5N/c7-6-4-2-1-3-5-6;2*1-2/h1-5H,7H2;1-2H2;2H2,1H3. The lowest BCUT2D eigenvalue weighted by Gasteiger charge is -1.83. The fourth-order valence-corrected chi connectivity index (χ4v) is 0.453. The summed E-state index contributed by atoms with van der Waals surface area (Å²) in [6.07, 6.45) is 0. The molecule has 0 aliphatic rings. The molecule has 0 aliphatic carbocycles. The van der Waals surface area contributed by atoms with E-state index in [4.69, 9.17) is 5.73 Å². The van der Waals surface area contributed by atoms with Gasteiger partial charge in [0.25, 0.3) is 0 Å². The summed E-state index contributed by atoms with van der Waals surface area (Å²) in [6, 6.07) is 9.49. The second-order valence-corrected chi connectivity index (χ2v) is 1.41. The van der Waals surface area contributed by atoms with Crippen LogP contribution in [0.25, 0.3) is 0 Å². The Kier molecular flexibility index (Phi) is 13.0. The number of nitrogens with two attached hydrogens (primary N) is 2. The van der Waals surface area contributed by atoms with E-state index < -0.39 is 0 Å². The molecule has 0 amide bonds. The molecule has 0 atom stereocenters. The topological polar surface area (TPSA) is 52.0 Å². The van der Waals surface area contributed by atoms with E-state index in [0.29, 0.717) is 0 Å². The van der Waals surface area contributed by atoms with Gasteiger partial charge in [-0.05, 0) is 19.2 Å². The predicted molar refractivity (Wildman–Crippen MR) is 52.2 cm³/mol. The minimum absolute atomic E-state index is 0.822. The Hall–Kier alpha value is -1.28. The van der Waals surface area contributed by atoms with Crippen LogP contribution in [0.3, 0.4) is 0 Å². The molecule has 0 aliphatic heterocycles. The largest absolute Gasteiger partial charge is 0.399 e.